The highest BCUT2D eigenvalue weighted by Gasteiger charge is 2.21. The first kappa shape index (κ1) is 18.2. The normalized spacial score (nSPS) is 15.2. The third kappa shape index (κ3) is 5.46. The molecule has 0 unspecified atom stereocenters. The molecule has 1 heterocycles. The quantitative estimate of drug-likeness (QED) is 0.733. The number of carbonyl (C=O) groups is 1. The van der Waals surface area contributed by atoms with Crippen molar-refractivity contribution in [1.29, 1.82) is 0 Å². The van der Waals surface area contributed by atoms with Crippen LogP contribution < -0.4 is 4.74 Å². The summed E-state index contributed by atoms with van der Waals surface area (Å²) in [5.41, 5.74) is 1.29. The van der Waals surface area contributed by atoms with E-state index in [1.54, 1.807) is 24.3 Å². The van der Waals surface area contributed by atoms with Crippen LogP contribution in [0.4, 0.5) is 0 Å². The monoisotopic (exact) mass is 422 g/mol. The van der Waals surface area contributed by atoms with Crippen LogP contribution in [0.15, 0.2) is 53.0 Å². The lowest BCUT2D eigenvalue weighted by Gasteiger charge is -2.34. The summed E-state index contributed by atoms with van der Waals surface area (Å²) >= 11 is 9.29. The Morgan fingerprint density at radius 3 is 2.28 bits per heavy atom. The van der Waals surface area contributed by atoms with E-state index in [0.717, 1.165) is 37.2 Å². The highest BCUT2D eigenvalue weighted by molar-refractivity contribution is 9.10. The van der Waals surface area contributed by atoms with Crippen LogP contribution in [0, 0.1) is 0 Å². The van der Waals surface area contributed by atoms with Gasteiger partial charge < -0.3 is 9.64 Å². The molecule has 6 heteroatoms. The minimum Gasteiger partial charge on any atom is -0.484 e. The molecule has 0 bridgehead atoms. The third-order valence-electron chi connectivity index (χ3n) is 4.22. The van der Waals surface area contributed by atoms with Crippen LogP contribution in [0.3, 0.4) is 0 Å². The first-order chi connectivity index (χ1) is 12.1. The summed E-state index contributed by atoms with van der Waals surface area (Å²) in [6.07, 6.45) is 0. The van der Waals surface area contributed by atoms with Gasteiger partial charge in [0.25, 0.3) is 5.91 Å². The Morgan fingerprint density at radius 1 is 1.00 bits per heavy atom. The molecular formula is C19H20BrClN2O2. The van der Waals surface area contributed by atoms with Gasteiger partial charge in [0, 0.05) is 42.2 Å². The van der Waals surface area contributed by atoms with Crippen LogP contribution in [0.2, 0.25) is 5.02 Å². The maximum atomic E-state index is 12.3. The van der Waals surface area contributed by atoms with E-state index < -0.39 is 0 Å². The molecule has 0 radical (unpaired) electrons. The van der Waals surface area contributed by atoms with Crippen molar-refractivity contribution in [3.63, 3.8) is 0 Å². The van der Waals surface area contributed by atoms with Gasteiger partial charge in [-0.05, 0) is 42.0 Å². The first-order valence-corrected chi connectivity index (χ1v) is 9.40. The zero-order chi connectivity index (χ0) is 17.6. The Bertz CT molecular complexity index is 698. The molecule has 2 aromatic carbocycles. The summed E-state index contributed by atoms with van der Waals surface area (Å²) in [4.78, 5) is 16.5. The summed E-state index contributed by atoms with van der Waals surface area (Å²) in [6, 6.07) is 15.4. The van der Waals surface area contributed by atoms with Crippen LogP contribution in [-0.2, 0) is 11.3 Å². The summed E-state index contributed by atoms with van der Waals surface area (Å²) in [5.74, 6) is 0.685. The maximum Gasteiger partial charge on any atom is 0.260 e. The van der Waals surface area contributed by atoms with Crippen molar-refractivity contribution in [2.75, 3.05) is 32.8 Å². The Kier molecular flexibility index (Phi) is 6.34. The predicted molar refractivity (Wildman–Crippen MR) is 103 cm³/mol. The largest absolute Gasteiger partial charge is 0.484 e. The number of hydrogen-bond acceptors (Lipinski definition) is 3. The van der Waals surface area contributed by atoms with E-state index in [1.807, 2.05) is 4.90 Å². The predicted octanol–water partition coefficient (Wildman–Crippen LogP) is 3.83. The van der Waals surface area contributed by atoms with Crippen molar-refractivity contribution in [2.45, 2.75) is 6.54 Å². The van der Waals surface area contributed by atoms with Gasteiger partial charge in [-0.15, -0.1) is 0 Å². The molecule has 0 N–H and O–H groups in total. The molecule has 2 aromatic rings. The highest BCUT2D eigenvalue weighted by Crippen LogP contribution is 2.16. The number of benzene rings is 2. The van der Waals surface area contributed by atoms with Crippen LogP contribution >= 0.6 is 27.5 Å². The minimum absolute atomic E-state index is 0.0261. The van der Waals surface area contributed by atoms with Gasteiger partial charge >= 0.3 is 0 Å². The molecular weight excluding hydrogens is 404 g/mol. The fourth-order valence-electron chi connectivity index (χ4n) is 2.77. The second-order valence-electron chi connectivity index (χ2n) is 6.03. The Balaban J connectivity index is 1.42. The number of piperazine rings is 1. The molecule has 0 atom stereocenters. The Hall–Kier alpha value is -1.56. The average Bonchev–Trinajstić information content (AvgIpc) is 2.63. The van der Waals surface area contributed by atoms with E-state index in [-0.39, 0.29) is 12.5 Å². The summed E-state index contributed by atoms with van der Waals surface area (Å²) in [7, 11) is 0. The van der Waals surface area contributed by atoms with Crippen molar-refractivity contribution in [2.24, 2.45) is 0 Å². The van der Waals surface area contributed by atoms with Crippen molar-refractivity contribution < 1.29 is 9.53 Å². The van der Waals surface area contributed by atoms with Gasteiger partial charge in [-0.25, -0.2) is 0 Å². The number of ether oxygens (including phenoxy) is 1. The molecule has 1 saturated heterocycles. The summed E-state index contributed by atoms with van der Waals surface area (Å²) in [5, 5.41) is 0.653. The van der Waals surface area contributed by atoms with Crippen molar-refractivity contribution >= 4 is 33.4 Å². The molecule has 1 amide bonds. The molecule has 3 rings (SSSR count). The van der Waals surface area contributed by atoms with Gasteiger partial charge in [-0.1, -0.05) is 39.7 Å². The molecule has 0 aromatic heterocycles. The Morgan fingerprint density at radius 2 is 1.64 bits per heavy atom. The van der Waals surface area contributed by atoms with Gasteiger partial charge in [0.05, 0.1) is 0 Å². The lowest BCUT2D eigenvalue weighted by Crippen LogP contribution is -2.49. The molecule has 1 aliphatic heterocycles. The van der Waals surface area contributed by atoms with Crippen LogP contribution in [0.1, 0.15) is 5.56 Å². The van der Waals surface area contributed by atoms with E-state index >= 15 is 0 Å². The zero-order valence-electron chi connectivity index (χ0n) is 13.8. The van der Waals surface area contributed by atoms with Gasteiger partial charge in [-0.3, -0.25) is 9.69 Å². The van der Waals surface area contributed by atoms with Gasteiger partial charge in [0.15, 0.2) is 6.61 Å². The van der Waals surface area contributed by atoms with E-state index in [4.69, 9.17) is 16.3 Å². The second kappa shape index (κ2) is 8.70. The van der Waals surface area contributed by atoms with Crippen molar-refractivity contribution in [1.82, 2.24) is 9.80 Å². The minimum atomic E-state index is 0.0261. The first-order valence-electron chi connectivity index (χ1n) is 8.23. The standard InChI is InChI=1S/C19H20BrClN2O2/c20-16-3-1-15(2-4-16)13-22-9-11-23(12-10-22)19(24)14-25-18-7-5-17(21)6-8-18/h1-8H,9-14H2. The van der Waals surface area contributed by atoms with E-state index in [0.29, 0.717) is 10.8 Å². The van der Waals surface area contributed by atoms with E-state index in [9.17, 15) is 4.79 Å². The summed E-state index contributed by atoms with van der Waals surface area (Å²) < 4.78 is 6.63. The smallest absolute Gasteiger partial charge is 0.260 e. The van der Waals surface area contributed by atoms with Gasteiger partial charge in [-0.2, -0.15) is 0 Å². The molecule has 4 nitrogen and oxygen atoms in total. The number of nitrogens with zero attached hydrogens (tertiary/aromatic N) is 2. The summed E-state index contributed by atoms with van der Waals surface area (Å²) in [6.45, 7) is 4.20. The van der Waals surface area contributed by atoms with Gasteiger partial charge in [0.1, 0.15) is 5.75 Å². The van der Waals surface area contributed by atoms with Crippen LogP contribution in [-0.4, -0.2) is 48.5 Å². The molecule has 1 fully saturated rings. The lowest BCUT2D eigenvalue weighted by atomic mass is 10.2. The third-order valence-corrected chi connectivity index (χ3v) is 5.00. The van der Waals surface area contributed by atoms with Crippen LogP contribution in [0.5, 0.6) is 5.75 Å². The SMILES string of the molecule is O=C(COc1ccc(Cl)cc1)N1CCN(Cc2ccc(Br)cc2)CC1. The molecule has 0 spiro atoms. The fourth-order valence-corrected chi connectivity index (χ4v) is 3.16. The topological polar surface area (TPSA) is 32.8 Å². The molecule has 0 aliphatic carbocycles. The number of hydrogen-bond donors (Lipinski definition) is 0. The van der Waals surface area contributed by atoms with E-state index in [2.05, 4.69) is 45.1 Å². The molecule has 1 aliphatic rings. The van der Waals surface area contributed by atoms with Gasteiger partial charge in [0.2, 0.25) is 0 Å². The average molecular weight is 424 g/mol. The molecule has 132 valence electrons. The fraction of sp³-hybridized carbons (Fsp3) is 0.316. The number of rotatable bonds is 5. The maximum absolute atomic E-state index is 12.3. The van der Waals surface area contributed by atoms with Crippen molar-refractivity contribution in [3.05, 3.63) is 63.6 Å². The highest BCUT2D eigenvalue weighted by atomic mass is 79.9. The second-order valence-corrected chi connectivity index (χ2v) is 7.38. The lowest BCUT2D eigenvalue weighted by molar-refractivity contribution is -0.135. The molecule has 0 saturated carbocycles. The number of carbonyl (C=O) groups excluding carboxylic acids is 1. The number of amides is 1. The van der Waals surface area contributed by atoms with Crippen LogP contribution in [0.25, 0.3) is 0 Å². The Labute approximate surface area is 161 Å². The van der Waals surface area contributed by atoms with Crippen molar-refractivity contribution in [3.8, 4) is 5.75 Å². The zero-order valence-corrected chi connectivity index (χ0v) is 16.2. The number of halogens is 2. The molecule has 25 heavy (non-hydrogen) atoms. The van der Waals surface area contributed by atoms with E-state index in [1.165, 1.54) is 5.56 Å².